The van der Waals surface area contributed by atoms with Crippen LogP contribution in [-0.4, -0.2) is 60.4 Å². The molecule has 2 saturated heterocycles. The number of aryl methyl sites for hydroxylation is 1. The lowest BCUT2D eigenvalue weighted by Crippen LogP contribution is -2.52. The summed E-state index contributed by atoms with van der Waals surface area (Å²) in [7, 11) is 0. The van der Waals surface area contributed by atoms with Crippen molar-refractivity contribution in [3.63, 3.8) is 0 Å². The summed E-state index contributed by atoms with van der Waals surface area (Å²) in [6.07, 6.45) is 0.304. The number of amides is 2. The summed E-state index contributed by atoms with van der Waals surface area (Å²) in [6, 6.07) is 7.28. The van der Waals surface area contributed by atoms with Crippen LogP contribution in [0.5, 0.6) is 0 Å². The molecule has 5 heteroatoms. The molecule has 0 radical (unpaired) electrons. The van der Waals surface area contributed by atoms with E-state index in [1.54, 1.807) is 0 Å². The van der Waals surface area contributed by atoms with Crippen molar-refractivity contribution >= 4 is 17.5 Å². The van der Waals surface area contributed by atoms with Gasteiger partial charge < -0.3 is 4.90 Å². The molecule has 1 aromatic rings. The fourth-order valence-corrected chi connectivity index (χ4v) is 3.26. The standard InChI is InChI=1S/C17H23N3O2/c1-3-18-8-10-19(11-9-18)15-12-16(21)20(17(15)22)14-6-4-13(2)5-7-14/h4-7,15H,3,8-12H2,1-2H3/t15-/m1/s1. The minimum absolute atomic E-state index is 0.0706. The largest absolute Gasteiger partial charge is 0.301 e. The Morgan fingerprint density at radius 2 is 1.68 bits per heavy atom. The van der Waals surface area contributed by atoms with E-state index in [9.17, 15) is 9.59 Å². The van der Waals surface area contributed by atoms with Crippen molar-refractivity contribution in [2.45, 2.75) is 26.3 Å². The zero-order chi connectivity index (χ0) is 15.7. The van der Waals surface area contributed by atoms with Crippen molar-refractivity contribution < 1.29 is 9.59 Å². The molecule has 2 aliphatic rings. The van der Waals surface area contributed by atoms with E-state index in [1.807, 2.05) is 31.2 Å². The Morgan fingerprint density at radius 3 is 2.27 bits per heavy atom. The molecule has 0 spiro atoms. The van der Waals surface area contributed by atoms with Crippen molar-refractivity contribution in [1.82, 2.24) is 9.80 Å². The molecule has 0 bridgehead atoms. The van der Waals surface area contributed by atoms with Gasteiger partial charge in [0.2, 0.25) is 5.91 Å². The monoisotopic (exact) mass is 301 g/mol. The van der Waals surface area contributed by atoms with Crippen molar-refractivity contribution in [2.75, 3.05) is 37.6 Å². The van der Waals surface area contributed by atoms with Crippen LogP contribution < -0.4 is 4.90 Å². The van der Waals surface area contributed by atoms with Gasteiger partial charge in [0.05, 0.1) is 18.2 Å². The predicted octanol–water partition coefficient (Wildman–Crippen LogP) is 1.26. The van der Waals surface area contributed by atoms with Crippen LogP contribution in [0.3, 0.4) is 0 Å². The van der Waals surface area contributed by atoms with Gasteiger partial charge in [0.25, 0.3) is 5.91 Å². The predicted molar refractivity (Wildman–Crippen MR) is 85.8 cm³/mol. The number of hydrogen-bond acceptors (Lipinski definition) is 4. The van der Waals surface area contributed by atoms with Gasteiger partial charge in [-0.2, -0.15) is 0 Å². The second-order valence-corrected chi connectivity index (χ2v) is 6.09. The highest BCUT2D eigenvalue weighted by Crippen LogP contribution is 2.26. The quantitative estimate of drug-likeness (QED) is 0.789. The maximum Gasteiger partial charge on any atom is 0.251 e. The average Bonchev–Trinajstić information content (AvgIpc) is 2.83. The Balaban J connectivity index is 1.73. The third-order valence-electron chi connectivity index (χ3n) is 4.71. The fourth-order valence-electron chi connectivity index (χ4n) is 3.26. The molecule has 3 rings (SSSR count). The summed E-state index contributed by atoms with van der Waals surface area (Å²) < 4.78 is 0. The van der Waals surface area contributed by atoms with E-state index in [1.165, 1.54) is 4.90 Å². The molecule has 1 atom stereocenters. The highest BCUT2D eigenvalue weighted by Gasteiger charge is 2.43. The van der Waals surface area contributed by atoms with Crippen LogP contribution in [0.2, 0.25) is 0 Å². The van der Waals surface area contributed by atoms with E-state index >= 15 is 0 Å². The molecule has 0 aromatic heterocycles. The van der Waals surface area contributed by atoms with Crippen molar-refractivity contribution in [1.29, 1.82) is 0 Å². The number of anilines is 1. The minimum Gasteiger partial charge on any atom is -0.301 e. The maximum atomic E-state index is 12.7. The highest BCUT2D eigenvalue weighted by molar-refractivity contribution is 6.22. The van der Waals surface area contributed by atoms with Gasteiger partial charge in [0, 0.05) is 26.2 Å². The molecule has 0 unspecified atom stereocenters. The molecule has 22 heavy (non-hydrogen) atoms. The summed E-state index contributed by atoms with van der Waals surface area (Å²) in [6.45, 7) is 8.85. The van der Waals surface area contributed by atoms with E-state index < -0.39 is 0 Å². The second kappa shape index (κ2) is 6.18. The van der Waals surface area contributed by atoms with E-state index in [0.717, 1.165) is 38.3 Å². The van der Waals surface area contributed by atoms with Crippen LogP contribution in [0.4, 0.5) is 5.69 Å². The molecule has 0 N–H and O–H groups in total. The van der Waals surface area contributed by atoms with Crippen LogP contribution in [0.1, 0.15) is 18.9 Å². The molecule has 0 aliphatic carbocycles. The third-order valence-corrected chi connectivity index (χ3v) is 4.71. The van der Waals surface area contributed by atoms with Gasteiger partial charge in [-0.15, -0.1) is 0 Å². The summed E-state index contributed by atoms with van der Waals surface area (Å²) in [5.41, 5.74) is 1.81. The molecule has 118 valence electrons. The molecule has 2 aliphatic heterocycles. The topological polar surface area (TPSA) is 43.9 Å². The van der Waals surface area contributed by atoms with E-state index in [4.69, 9.17) is 0 Å². The van der Waals surface area contributed by atoms with Crippen LogP contribution in [-0.2, 0) is 9.59 Å². The number of hydrogen-bond donors (Lipinski definition) is 0. The van der Waals surface area contributed by atoms with Gasteiger partial charge in [-0.25, -0.2) is 4.90 Å². The van der Waals surface area contributed by atoms with Gasteiger partial charge in [-0.05, 0) is 25.6 Å². The molecule has 0 saturated carbocycles. The van der Waals surface area contributed by atoms with Crippen molar-refractivity contribution in [3.05, 3.63) is 29.8 Å². The van der Waals surface area contributed by atoms with Crippen LogP contribution in [0, 0.1) is 6.92 Å². The van der Waals surface area contributed by atoms with Gasteiger partial charge in [-0.3, -0.25) is 14.5 Å². The molecule has 5 nitrogen and oxygen atoms in total. The zero-order valence-electron chi connectivity index (χ0n) is 13.3. The first-order valence-electron chi connectivity index (χ1n) is 8.00. The number of benzene rings is 1. The molecule has 1 aromatic carbocycles. The number of likely N-dealkylation sites (N-methyl/N-ethyl adjacent to an activating group) is 1. The number of rotatable bonds is 3. The molecular weight excluding hydrogens is 278 g/mol. The SMILES string of the molecule is CCN1CCN([C@@H]2CC(=O)N(c3ccc(C)cc3)C2=O)CC1. The normalized spacial score (nSPS) is 24.3. The third kappa shape index (κ3) is 2.78. The van der Waals surface area contributed by atoms with Crippen molar-refractivity contribution in [2.24, 2.45) is 0 Å². The van der Waals surface area contributed by atoms with Crippen LogP contribution >= 0.6 is 0 Å². The minimum atomic E-state index is -0.284. The number of carbonyl (C=O) groups is 2. The smallest absolute Gasteiger partial charge is 0.251 e. The summed E-state index contributed by atoms with van der Waals surface area (Å²) in [5.74, 6) is -0.157. The maximum absolute atomic E-state index is 12.7. The summed E-state index contributed by atoms with van der Waals surface area (Å²) in [4.78, 5) is 30.9. The number of carbonyl (C=O) groups excluding carboxylic acids is 2. The summed E-state index contributed by atoms with van der Waals surface area (Å²) >= 11 is 0. The Morgan fingerprint density at radius 1 is 1.05 bits per heavy atom. The molecule has 2 fully saturated rings. The Kier molecular flexibility index (Phi) is 4.27. The number of nitrogens with zero attached hydrogens (tertiary/aromatic N) is 3. The lowest BCUT2D eigenvalue weighted by atomic mass is 10.1. The molecule has 2 heterocycles. The Bertz CT molecular complexity index is 562. The molecule has 2 amide bonds. The second-order valence-electron chi connectivity index (χ2n) is 6.09. The van der Waals surface area contributed by atoms with Crippen molar-refractivity contribution in [3.8, 4) is 0 Å². The number of piperazine rings is 1. The Hall–Kier alpha value is -1.72. The Labute approximate surface area is 131 Å². The fraction of sp³-hybridized carbons (Fsp3) is 0.529. The van der Waals surface area contributed by atoms with Gasteiger partial charge in [0.1, 0.15) is 0 Å². The lowest BCUT2D eigenvalue weighted by molar-refractivity contribution is -0.123. The first-order valence-corrected chi connectivity index (χ1v) is 8.00. The van der Waals surface area contributed by atoms with Crippen LogP contribution in [0.25, 0.3) is 0 Å². The van der Waals surface area contributed by atoms with Gasteiger partial charge in [0.15, 0.2) is 0 Å². The average molecular weight is 301 g/mol. The molecular formula is C17H23N3O2. The zero-order valence-corrected chi connectivity index (χ0v) is 13.3. The highest BCUT2D eigenvalue weighted by atomic mass is 16.2. The van der Waals surface area contributed by atoms with E-state index in [2.05, 4.69) is 16.7 Å². The van der Waals surface area contributed by atoms with Gasteiger partial charge in [-0.1, -0.05) is 24.6 Å². The number of imide groups is 1. The van der Waals surface area contributed by atoms with E-state index in [-0.39, 0.29) is 17.9 Å². The lowest BCUT2D eigenvalue weighted by Gasteiger charge is -2.36. The van der Waals surface area contributed by atoms with Gasteiger partial charge >= 0.3 is 0 Å². The first-order chi connectivity index (χ1) is 10.6. The summed E-state index contributed by atoms with van der Waals surface area (Å²) in [5, 5.41) is 0. The van der Waals surface area contributed by atoms with E-state index in [0.29, 0.717) is 12.1 Å². The first kappa shape index (κ1) is 15.2. The van der Waals surface area contributed by atoms with Crippen LogP contribution in [0.15, 0.2) is 24.3 Å².